The number of carbonyl (C=O) groups excluding carboxylic acids is 1. The van der Waals surface area contributed by atoms with Crippen LogP contribution in [0.4, 0.5) is 0 Å². The monoisotopic (exact) mass is 326 g/mol. The molecule has 0 aliphatic rings. The van der Waals surface area contributed by atoms with E-state index in [1.54, 1.807) is 13.0 Å². The van der Waals surface area contributed by atoms with E-state index in [1.165, 1.54) is 0 Å². The first-order chi connectivity index (χ1) is 11.7. The summed E-state index contributed by atoms with van der Waals surface area (Å²) >= 11 is 0. The molecule has 6 heteroatoms. The highest BCUT2D eigenvalue weighted by Crippen LogP contribution is 2.27. The minimum absolute atomic E-state index is 0.196. The van der Waals surface area contributed by atoms with Crippen molar-refractivity contribution >= 4 is 17.1 Å². The number of aromatic nitrogens is 2. The molecule has 0 saturated heterocycles. The summed E-state index contributed by atoms with van der Waals surface area (Å²) in [4.78, 5) is 16.9. The highest BCUT2D eigenvalue weighted by Gasteiger charge is 2.20. The highest BCUT2D eigenvalue weighted by atomic mass is 16.6. The predicted octanol–water partition coefficient (Wildman–Crippen LogP) is 3.39. The molecule has 2 heterocycles. The summed E-state index contributed by atoms with van der Waals surface area (Å²) in [5.41, 5.74) is 2.85. The molecule has 2 aromatic heterocycles. The maximum atomic E-state index is 12.5. The number of hydrogen-bond acceptors (Lipinski definition) is 6. The molecule has 0 bridgehead atoms. The third-order valence-corrected chi connectivity index (χ3v) is 3.57. The summed E-state index contributed by atoms with van der Waals surface area (Å²) in [5.74, 6) is -0.439. The zero-order chi connectivity index (χ0) is 16.9. The Morgan fingerprint density at radius 2 is 2.00 bits per heavy atom. The first-order valence-electron chi connectivity index (χ1n) is 7.78. The fraction of sp³-hybridized carbons (Fsp3) is 0.278. The number of rotatable bonds is 6. The zero-order valence-electron chi connectivity index (χ0n) is 13.6. The van der Waals surface area contributed by atoms with Crippen LogP contribution in [0.1, 0.15) is 23.0 Å². The normalized spacial score (nSPS) is 10.9. The van der Waals surface area contributed by atoms with E-state index < -0.39 is 5.97 Å². The van der Waals surface area contributed by atoms with Gasteiger partial charge in [0.15, 0.2) is 0 Å². The first kappa shape index (κ1) is 16.1. The second-order valence-electron chi connectivity index (χ2n) is 5.20. The number of aryl methyl sites for hydroxylation is 1. The van der Waals surface area contributed by atoms with E-state index in [-0.39, 0.29) is 6.61 Å². The van der Waals surface area contributed by atoms with Crippen LogP contribution in [0.25, 0.3) is 22.4 Å². The van der Waals surface area contributed by atoms with Gasteiger partial charge in [-0.1, -0.05) is 35.5 Å². The lowest BCUT2D eigenvalue weighted by Gasteiger charge is -2.08. The Kier molecular flexibility index (Phi) is 4.86. The van der Waals surface area contributed by atoms with Gasteiger partial charge in [-0.05, 0) is 19.9 Å². The number of benzene rings is 1. The van der Waals surface area contributed by atoms with E-state index in [0.717, 1.165) is 5.56 Å². The van der Waals surface area contributed by atoms with Crippen molar-refractivity contribution in [3.63, 3.8) is 0 Å². The van der Waals surface area contributed by atoms with Crippen LogP contribution in [0.2, 0.25) is 0 Å². The largest absolute Gasteiger partial charge is 0.460 e. The summed E-state index contributed by atoms with van der Waals surface area (Å²) < 4.78 is 15.7. The van der Waals surface area contributed by atoms with Gasteiger partial charge in [-0.3, -0.25) is 0 Å². The van der Waals surface area contributed by atoms with Crippen molar-refractivity contribution in [3.05, 3.63) is 47.7 Å². The molecule has 0 atom stereocenters. The lowest BCUT2D eigenvalue weighted by atomic mass is 10.1. The smallest absolute Gasteiger partial charge is 0.339 e. The minimum Gasteiger partial charge on any atom is -0.460 e. The van der Waals surface area contributed by atoms with Gasteiger partial charge in [0.1, 0.15) is 6.61 Å². The SMILES string of the molecule is CCOCCOC(=O)c1cc(-c2ccccc2)nc2onc(C)c12. The molecule has 0 amide bonds. The number of esters is 1. The van der Waals surface area contributed by atoms with E-state index in [4.69, 9.17) is 14.0 Å². The quantitative estimate of drug-likeness (QED) is 0.510. The van der Waals surface area contributed by atoms with Crippen molar-refractivity contribution in [2.45, 2.75) is 13.8 Å². The molecule has 0 radical (unpaired) electrons. The Bertz CT molecular complexity index is 843. The minimum atomic E-state index is -0.439. The van der Waals surface area contributed by atoms with Gasteiger partial charge in [0.2, 0.25) is 0 Å². The maximum Gasteiger partial charge on any atom is 0.339 e. The Balaban J connectivity index is 1.98. The molecule has 3 aromatic rings. The third kappa shape index (κ3) is 3.28. The van der Waals surface area contributed by atoms with Gasteiger partial charge in [0.05, 0.1) is 28.9 Å². The number of nitrogens with zero attached hydrogens (tertiary/aromatic N) is 2. The van der Waals surface area contributed by atoms with Gasteiger partial charge in [0.25, 0.3) is 5.71 Å². The highest BCUT2D eigenvalue weighted by molar-refractivity contribution is 6.04. The molecule has 0 spiro atoms. The Morgan fingerprint density at radius 1 is 1.21 bits per heavy atom. The Morgan fingerprint density at radius 3 is 2.75 bits per heavy atom. The summed E-state index contributed by atoms with van der Waals surface area (Å²) in [6, 6.07) is 11.3. The van der Waals surface area contributed by atoms with Crippen LogP contribution in [-0.4, -0.2) is 35.9 Å². The molecular weight excluding hydrogens is 308 g/mol. The average Bonchev–Trinajstić information content (AvgIpc) is 3.00. The fourth-order valence-electron chi connectivity index (χ4n) is 2.43. The van der Waals surface area contributed by atoms with Gasteiger partial charge < -0.3 is 14.0 Å². The van der Waals surface area contributed by atoms with Gasteiger partial charge in [-0.25, -0.2) is 9.78 Å². The molecule has 124 valence electrons. The predicted molar refractivity (Wildman–Crippen MR) is 88.8 cm³/mol. The maximum absolute atomic E-state index is 12.5. The molecule has 24 heavy (non-hydrogen) atoms. The second kappa shape index (κ2) is 7.23. The van der Waals surface area contributed by atoms with E-state index in [0.29, 0.717) is 41.3 Å². The summed E-state index contributed by atoms with van der Waals surface area (Å²) in [7, 11) is 0. The number of fused-ring (bicyclic) bond motifs is 1. The van der Waals surface area contributed by atoms with E-state index in [9.17, 15) is 4.79 Å². The van der Waals surface area contributed by atoms with Gasteiger partial charge >= 0.3 is 5.97 Å². The van der Waals surface area contributed by atoms with Crippen molar-refractivity contribution in [2.75, 3.05) is 19.8 Å². The van der Waals surface area contributed by atoms with Crippen molar-refractivity contribution in [3.8, 4) is 11.3 Å². The van der Waals surface area contributed by atoms with E-state index in [2.05, 4.69) is 10.1 Å². The molecule has 0 aliphatic heterocycles. The van der Waals surface area contributed by atoms with Crippen LogP contribution < -0.4 is 0 Å². The summed E-state index contributed by atoms with van der Waals surface area (Å²) in [6.45, 7) is 4.81. The van der Waals surface area contributed by atoms with Crippen LogP contribution in [0.15, 0.2) is 40.9 Å². The van der Waals surface area contributed by atoms with Gasteiger partial charge in [0, 0.05) is 12.2 Å². The van der Waals surface area contributed by atoms with Crippen LogP contribution in [0.5, 0.6) is 0 Å². The van der Waals surface area contributed by atoms with Crippen molar-refractivity contribution in [1.29, 1.82) is 0 Å². The van der Waals surface area contributed by atoms with Crippen LogP contribution in [0, 0.1) is 6.92 Å². The molecule has 0 N–H and O–H groups in total. The zero-order valence-corrected chi connectivity index (χ0v) is 13.6. The topological polar surface area (TPSA) is 74.5 Å². The van der Waals surface area contributed by atoms with Crippen LogP contribution >= 0.6 is 0 Å². The standard InChI is InChI=1S/C18H18N2O4/c1-3-22-9-10-23-18(21)14-11-15(13-7-5-4-6-8-13)19-17-16(14)12(2)20-24-17/h4-8,11H,3,9-10H2,1-2H3. The lowest BCUT2D eigenvalue weighted by Crippen LogP contribution is -2.11. The molecule has 0 fully saturated rings. The second-order valence-corrected chi connectivity index (χ2v) is 5.20. The molecular formula is C18H18N2O4. The van der Waals surface area contributed by atoms with Crippen molar-refractivity contribution in [1.82, 2.24) is 10.1 Å². The molecule has 0 saturated carbocycles. The van der Waals surface area contributed by atoms with Crippen molar-refractivity contribution < 1.29 is 18.8 Å². The molecule has 3 rings (SSSR count). The number of ether oxygens (including phenoxy) is 2. The van der Waals surface area contributed by atoms with Crippen LogP contribution in [-0.2, 0) is 9.47 Å². The molecule has 0 aliphatic carbocycles. The number of pyridine rings is 1. The summed E-state index contributed by atoms with van der Waals surface area (Å²) in [6.07, 6.45) is 0. The number of hydrogen-bond donors (Lipinski definition) is 0. The average molecular weight is 326 g/mol. The lowest BCUT2D eigenvalue weighted by molar-refractivity contribution is 0.0337. The Hall–Kier alpha value is -2.73. The van der Waals surface area contributed by atoms with Gasteiger partial charge in [-0.15, -0.1) is 0 Å². The molecule has 1 aromatic carbocycles. The van der Waals surface area contributed by atoms with Crippen molar-refractivity contribution in [2.24, 2.45) is 0 Å². The van der Waals surface area contributed by atoms with E-state index in [1.807, 2.05) is 37.3 Å². The Labute approximate surface area is 139 Å². The molecule has 0 unspecified atom stereocenters. The van der Waals surface area contributed by atoms with Crippen LogP contribution in [0.3, 0.4) is 0 Å². The number of carbonyl (C=O) groups is 1. The van der Waals surface area contributed by atoms with Gasteiger partial charge in [-0.2, -0.15) is 0 Å². The van der Waals surface area contributed by atoms with E-state index >= 15 is 0 Å². The molecule has 6 nitrogen and oxygen atoms in total. The summed E-state index contributed by atoms with van der Waals surface area (Å²) in [5, 5.41) is 4.49. The first-order valence-corrected chi connectivity index (χ1v) is 7.78. The fourth-order valence-corrected chi connectivity index (χ4v) is 2.43. The third-order valence-electron chi connectivity index (χ3n) is 3.57.